The van der Waals surface area contributed by atoms with Gasteiger partial charge in [-0.15, -0.1) is 0 Å². The van der Waals surface area contributed by atoms with Crippen molar-refractivity contribution in [1.29, 1.82) is 0 Å². The van der Waals surface area contributed by atoms with Crippen LogP contribution >= 0.6 is 0 Å². The third kappa shape index (κ3) is 3.52. The molecule has 2 aromatic rings. The van der Waals surface area contributed by atoms with Gasteiger partial charge in [-0.05, 0) is 36.2 Å². The van der Waals surface area contributed by atoms with Crippen molar-refractivity contribution in [2.45, 2.75) is 13.5 Å². The normalized spacial score (nSPS) is 10.1. The summed E-state index contributed by atoms with van der Waals surface area (Å²) in [6, 6.07) is 14.8. The number of nitrogens with one attached hydrogen (secondary N) is 1. The lowest BCUT2D eigenvalue weighted by Crippen LogP contribution is -2.26. The molecule has 0 aromatic heterocycles. The fraction of sp³-hybridized carbons (Fsp3) is 0.222. The maximum Gasteiger partial charge on any atom is 0.254 e. The van der Waals surface area contributed by atoms with Gasteiger partial charge in [0.2, 0.25) is 0 Å². The Hall–Kier alpha value is -2.62. The quantitative estimate of drug-likeness (QED) is 0.943. The summed E-state index contributed by atoms with van der Waals surface area (Å²) < 4.78 is 0. The second-order valence-corrected chi connectivity index (χ2v) is 5.25. The molecule has 22 heavy (non-hydrogen) atoms. The van der Waals surface area contributed by atoms with Crippen LogP contribution in [0.25, 0.3) is 0 Å². The van der Waals surface area contributed by atoms with Gasteiger partial charge in [-0.25, -0.2) is 0 Å². The first-order valence-electron chi connectivity index (χ1n) is 7.15. The van der Waals surface area contributed by atoms with E-state index in [1.165, 1.54) is 0 Å². The Balaban J connectivity index is 2.08. The van der Waals surface area contributed by atoms with Gasteiger partial charge in [-0.1, -0.05) is 30.3 Å². The fourth-order valence-corrected chi connectivity index (χ4v) is 2.27. The van der Waals surface area contributed by atoms with E-state index in [0.717, 1.165) is 11.1 Å². The zero-order valence-corrected chi connectivity index (χ0v) is 13.1. The molecule has 0 saturated carbocycles. The molecule has 2 aromatic carbocycles. The molecule has 4 heteroatoms. The Bertz CT molecular complexity index is 678. The van der Waals surface area contributed by atoms with E-state index in [-0.39, 0.29) is 11.8 Å². The van der Waals surface area contributed by atoms with Gasteiger partial charge in [0, 0.05) is 31.8 Å². The smallest absolute Gasteiger partial charge is 0.254 e. The summed E-state index contributed by atoms with van der Waals surface area (Å²) in [5.41, 5.74) is 3.28. The molecule has 0 aliphatic rings. The SMILES string of the molecule is CNC(=O)c1ccc(CN(C)C(=O)c2ccccc2C)cc1. The molecule has 2 rings (SSSR count). The predicted octanol–water partition coefficient (Wildman–Crippen LogP) is 2.63. The van der Waals surface area contributed by atoms with Crippen LogP contribution in [0, 0.1) is 6.92 Å². The molecule has 2 amide bonds. The molecule has 4 nitrogen and oxygen atoms in total. The van der Waals surface area contributed by atoms with Gasteiger partial charge in [0.05, 0.1) is 0 Å². The maximum atomic E-state index is 12.5. The van der Waals surface area contributed by atoms with Crippen LogP contribution in [0.5, 0.6) is 0 Å². The summed E-state index contributed by atoms with van der Waals surface area (Å²) >= 11 is 0. The van der Waals surface area contributed by atoms with Crippen molar-refractivity contribution in [3.8, 4) is 0 Å². The highest BCUT2D eigenvalue weighted by atomic mass is 16.2. The third-order valence-electron chi connectivity index (χ3n) is 3.59. The monoisotopic (exact) mass is 296 g/mol. The highest BCUT2D eigenvalue weighted by Gasteiger charge is 2.14. The van der Waals surface area contributed by atoms with Crippen molar-refractivity contribution in [3.05, 3.63) is 70.8 Å². The number of nitrogens with zero attached hydrogens (tertiary/aromatic N) is 1. The molecule has 0 saturated heterocycles. The topological polar surface area (TPSA) is 49.4 Å². The van der Waals surface area contributed by atoms with Crippen molar-refractivity contribution < 1.29 is 9.59 Å². The van der Waals surface area contributed by atoms with Crippen LogP contribution < -0.4 is 5.32 Å². The van der Waals surface area contributed by atoms with E-state index in [4.69, 9.17) is 0 Å². The number of carbonyl (C=O) groups excluding carboxylic acids is 2. The summed E-state index contributed by atoms with van der Waals surface area (Å²) in [5, 5.41) is 2.58. The molecule has 0 unspecified atom stereocenters. The highest BCUT2D eigenvalue weighted by molar-refractivity contribution is 5.95. The van der Waals surface area contributed by atoms with E-state index in [1.54, 1.807) is 31.1 Å². The molecule has 0 bridgehead atoms. The summed E-state index contributed by atoms with van der Waals surface area (Å²) in [6.45, 7) is 2.43. The van der Waals surface area contributed by atoms with E-state index in [9.17, 15) is 9.59 Å². The van der Waals surface area contributed by atoms with Gasteiger partial charge >= 0.3 is 0 Å². The first-order valence-corrected chi connectivity index (χ1v) is 7.15. The van der Waals surface area contributed by atoms with Crippen molar-refractivity contribution in [3.63, 3.8) is 0 Å². The van der Waals surface area contributed by atoms with Crippen molar-refractivity contribution in [2.75, 3.05) is 14.1 Å². The molecular formula is C18H20N2O2. The van der Waals surface area contributed by atoms with Crippen molar-refractivity contribution in [1.82, 2.24) is 10.2 Å². The minimum absolute atomic E-state index is 0.00604. The van der Waals surface area contributed by atoms with Crippen LogP contribution in [0.15, 0.2) is 48.5 Å². The number of aryl methyl sites for hydroxylation is 1. The Morgan fingerprint density at radius 3 is 2.27 bits per heavy atom. The third-order valence-corrected chi connectivity index (χ3v) is 3.59. The minimum atomic E-state index is -0.115. The standard InChI is InChI=1S/C18H20N2O2/c1-13-6-4-5-7-16(13)18(22)20(3)12-14-8-10-15(11-9-14)17(21)19-2/h4-11H,12H2,1-3H3,(H,19,21). The number of hydrogen-bond acceptors (Lipinski definition) is 2. The number of amides is 2. The second-order valence-electron chi connectivity index (χ2n) is 5.25. The van der Waals surface area contributed by atoms with Crippen LogP contribution in [0.4, 0.5) is 0 Å². The molecule has 0 aliphatic heterocycles. The summed E-state index contributed by atoms with van der Waals surface area (Å²) in [7, 11) is 3.38. The van der Waals surface area contributed by atoms with Gasteiger partial charge in [0.25, 0.3) is 11.8 Å². The van der Waals surface area contributed by atoms with E-state index >= 15 is 0 Å². The molecule has 0 radical (unpaired) electrons. The van der Waals surface area contributed by atoms with E-state index in [1.807, 2.05) is 43.3 Å². The molecule has 0 spiro atoms. The van der Waals surface area contributed by atoms with Gasteiger partial charge in [-0.3, -0.25) is 9.59 Å². The Morgan fingerprint density at radius 2 is 1.68 bits per heavy atom. The number of hydrogen-bond donors (Lipinski definition) is 1. The molecule has 0 fully saturated rings. The first-order chi connectivity index (χ1) is 10.5. The van der Waals surface area contributed by atoms with Crippen molar-refractivity contribution >= 4 is 11.8 Å². The van der Waals surface area contributed by atoms with Crippen LogP contribution in [-0.4, -0.2) is 30.8 Å². The molecule has 0 heterocycles. The van der Waals surface area contributed by atoms with E-state index in [0.29, 0.717) is 17.7 Å². The molecule has 114 valence electrons. The average molecular weight is 296 g/mol. The summed E-state index contributed by atoms with van der Waals surface area (Å²) in [5.74, 6) is -0.121. The summed E-state index contributed by atoms with van der Waals surface area (Å²) in [6.07, 6.45) is 0. The molecule has 1 N–H and O–H groups in total. The highest BCUT2D eigenvalue weighted by Crippen LogP contribution is 2.13. The number of benzene rings is 2. The van der Waals surface area contributed by atoms with Crippen LogP contribution in [0.2, 0.25) is 0 Å². The van der Waals surface area contributed by atoms with Gasteiger partial charge in [-0.2, -0.15) is 0 Å². The van der Waals surface area contributed by atoms with Crippen LogP contribution in [-0.2, 0) is 6.54 Å². The second kappa shape index (κ2) is 6.89. The number of rotatable bonds is 4. The summed E-state index contributed by atoms with van der Waals surface area (Å²) in [4.78, 5) is 25.6. The van der Waals surface area contributed by atoms with Gasteiger partial charge in [0.15, 0.2) is 0 Å². The molecular weight excluding hydrogens is 276 g/mol. The van der Waals surface area contributed by atoms with Crippen LogP contribution in [0.3, 0.4) is 0 Å². The lowest BCUT2D eigenvalue weighted by atomic mass is 10.1. The average Bonchev–Trinajstić information content (AvgIpc) is 2.54. The van der Waals surface area contributed by atoms with Crippen LogP contribution in [0.1, 0.15) is 31.8 Å². The fourth-order valence-electron chi connectivity index (χ4n) is 2.27. The predicted molar refractivity (Wildman–Crippen MR) is 86.8 cm³/mol. The maximum absolute atomic E-state index is 12.5. The minimum Gasteiger partial charge on any atom is -0.355 e. The zero-order valence-electron chi connectivity index (χ0n) is 13.1. The van der Waals surface area contributed by atoms with Gasteiger partial charge < -0.3 is 10.2 Å². The lowest BCUT2D eigenvalue weighted by molar-refractivity contribution is 0.0784. The van der Waals surface area contributed by atoms with Crippen molar-refractivity contribution in [2.24, 2.45) is 0 Å². The Morgan fingerprint density at radius 1 is 1.05 bits per heavy atom. The first kappa shape index (κ1) is 15.8. The van der Waals surface area contributed by atoms with Gasteiger partial charge in [0.1, 0.15) is 0 Å². The number of carbonyl (C=O) groups is 2. The largest absolute Gasteiger partial charge is 0.355 e. The zero-order chi connectivity index (χ0) is 16.1. The van der Waals surface area contributed by atoms with E-state index < -0.39 is 0 Å². The molecule has 0 aliphatic carbocycles. The van der Waals surface area contributed by atoms with E-state index in [2.05, 4.69) is 5.32 Å². The molecule has 0 atom stereocenters. The lowest BCUT2D eigenvalue weighted by Gasteiger charge is -2.18. The Kier molecular flexibility index (Phi) is 4.94. The Labute approximate surface area is 130 Å².